The highest BCUT2D eigenvalue weighted by molar-refractivity contribution is 5.80. The summed E-state index contributed by atoms with van der Waals surface area (Å²) in [5.74, 6) is 6.75. The molecule has 0 N–H and O–H groups in total. The largest absolute Gasteiger partial charge is 0.299 e. The van der Waals surface area contributed by atoms with Gasteiger partial charge in [0.2, 0.25) is 0 Å². The summed E-state index contributed by atoms with van der Waals surface area (Å²) in [4.78, 5) is 11.3. The van der Waals surface area contributed by atoms with Gasteiger partial charge in [0.1, 0.15) is 5.78 Å². The maximum Gasteiger partial charge on any atom is 0.144 e. The summed E-state index contributed by atoms with van der Waals surface area (Å²) < 4.78 is 0. The summed E-state index contributed by atoms with van der Waals surface area (Å²) in [6.07, 6.45) is 9.12. The molecule has 0 heterocycles. The Hall–Kier alpha value is -0.770. The first kappa shape index (κ1) is 11.3. The van der Waals surface area contributed by atoms with Gasteiger partial charge in [-0.15, -0.1) is 5.92 Å². The van der Waals surface area contributed by atoms with Crippen molar-refractivity contribution < 1.29 is 4.79 Å². The predicted octanol–water partition coefficient (Wildman–Crippen LogP) is 3.33. The molecule has 0 unspecified atom stereocenters. The van der Waals surface area contributed by atoms with Gasteiger partial charge in [-0.3, -0.25) is 4.79 Å². The summed E-state index contributed by atoms with van der Waals surface area (Å²) in [5.41, 5.74) is 0. The molecular weight excluding hydrogens is 172 g/mol. The summed E-state index contributed by atoms with van der Waals surface area (Å²) in [6.45, 7) is 1.79. The van der Waals surface area contributed by atoms with Crippen LogP contribution < -0.4 is 0 Å². The molecule has 0 amide bonds. The summed E-state index contributed by atoms with van der Waals surface area (Å²) in [7, 11) is 0. The molecule has 0 atom stereocenters. The summed E-state index contributed by atoms with van der Waals surface area (Å²) in [6, 6.07) is 0. The lowest BCUT2D eigenvalue weighted by Crippen LogP contribution is -2.08. The van der Waals surface area contributed by atoms with Crippen molar-refractivity contribution in [2.45, 2.75) is 58.3 Å². The topological polar surface area (TPSA) is 17.1 Å². The molecule has 1 aliphatic rings. The molecule has 0 bridgehead atoms. The minimum atomic E-state index is 0.324. The average molecular weight is 192 g/mol. The Labute approximate surface area is 87.3 Å². The molecule has 14 heavy (non-hydrogen) atoms. The Kier molecular flexibility index (Phi) is 5.37. The first-order valence-corrected chi connectivity index (χ1v) is 5.74. The van der Waals surface area contributed by atoms with Gasteiger partial charge in [-0.2, -0.15) is 0 Å². The first-order valence-electron chi connectivity index (χ1n) is 5.74. The summed E-state index contributed by atoms with van der Waals surface area (Å²) in [5, 5.41) is 0. The molecule has 1 saturated carbocycles. The van der Waals surface area contributed by atoms with E-state index in [0.717, 1.165) is 18.8 Å². The highest BCUT2D eigenvalue weighted by Gasteiger charge is 2.14. The van der Waals surface area contributed by atoms with Crippen molar-refractivity contribution in [2.24, 2.45) is 5.92 Å². The molecule has 0 radical (unpaired) electrons. The SMILES string of the molecule is CC#CCC(=O)CCC1CCCCC1. The van der Waals surface area contributed by atoms with E-state index in [-0.39, 0.29) is 0 Å². The van der Waals surface area contributed by atoms with Crippen LogP contribution in [0.3, 0.4) is 0 Å². The number of Topliss-reactive ketones (excluding diaryl/α,β-unsaturated/α-hetero) is 1. The van der Waals surface area contributed by atoms with E-state index in [9.17, 15) is 4.79 Å². The van der Waals surface area contributed by atoms with E-state index in [0.29, 0.717) is 12.2 Å². The third-order valence-electron chi connectivity index (χ3n) is 3.02. The monoisotopic (exact) mass is 192 g/mol. The molecule has 1 rings (SSSR count). The van der Waals surface area contributed by atoms with Crippen LogP contribution in [0.2, 0.25) is 0 Å². The van der Waals surface area contributed by atoms with Crippen molar-refractivity contribution in [2.75, 3.05) is 0 Å². The van der Waals surface area contributed by atoms with Gasteiger partial charge in [-0.05, 0) is 19.3 Å². The zero-order valence-corrected chi connectivity index (χ0v) is 9.14. The van der Waals surface area contributed by atoms with Crippen molar-refractivity contribution in [3.8, 4) is 11.8 Å². The number of rotatable bonds is 4. The van der Waals surface area contributed by atoms with Crippen molar-refractivity contribution in [3.05, 3.63) is 0 Å². The Morgan fingerprint density at radius 1 is 1.29 bits per heavy atom. The fraction of sp³-hybridized carbons (Fsp3) is 0.769. The molecule has 0 spiro atoms. The molecule has 0 aromatic carbocycles. The van der Waals surface area contributed by atoms with Crippen LogP contribution in [0.5, 0.6) is 0 Å². The fourth-order valence-corrected chi connectivity index (χ4v) is 2.12. The van der Waals surface area contributed by atoms with E-state index in [4.69, 9.17) is 0 Å². The molecular formula is C13H20O. The molecule has 1 heteroatoms. The number of carbonyl (C=O) groups is 1. The lowest BCUT2D eigenvalue weighted by molar-refractivity contribution is -0.118. The Morgan fingerprint density at radius 3 is 2.64 bits per heavy atom. The van der Waals surface area contributed by atoms with E-state index in [1.165, 1.54) is 32.1 Å². The van der Waals surface area contributed by atoms with Crippen LogP contribution in [-0.2, 0) is 4.79 Å². The molecule has 1 fully saturated rings. The number of hydrogen-bond acceptors (Lipinski definition) is 1. The Balaban J connectivity index is 2.11. The van der Waals surface area contributed by atoms with Crippen LogP contribution >= 0.6 is 0 Å². The molecule has 1 nitrogen and oxygen atoms in total. The lowest BCUT2D eigenvalue weighted by Gasteiger charge is -2.20. The molecule has 0 aromatic rings. The van der Waals surface area contributed by atoms with Crippen LogP contribution in [0.25, 0.3) is 0 Å². The van der Waals surface area contributed by atoms with E-state index >= 15 is 0 Å². The van der Waals surface area contributed by atoms with Crippen molar-refractivity contribution in [1.82, 2.24) is 0 Å². The molecule has 0 aliphatic heterocycles. The lowest BCUT2D eigenvalue weighted by atomic mass is 9.85. The molecule has 0 saturated heterocycles. The number of ketones is 1. The third-order valence-corrected chi connectivity index (χ3v) is 3.02. The number of carbonyl (C=O) groups excluding carboxylic acids is 1. The second-order valence-electron chi connectivity index (χ2n) is 4.18. The van der Waals surface area contributed by atoms with Crippen molar-refractivity contribution >= 4 is 5.78 Å². The van der Waals surface area contributed by atoms with Crippen LogP contribution in [-0.4, -0.2) is 5.78 Å². The highest BCUT2D eigenvalue weighted by atomic mass is 16.1. The van der Waals surface area contributed by atoms with Crippen LogP contribution in [0.15, 0.2) is 0 Å². The van der Waals surface area contributed by atoms with Gasteiger partial charge in [0.15, 0.2) is 0 Å². The zero-order chi connectivity index (χ0) is 10.2. The Morgan fingerprint density at radius 2 is 2.00 bits per heavy atom. The second-order valence-corrected chi connectivity index (χ2v) is 4.18. The van der Waals surface area contributed by atoms with Crippen LogP contribution in [0.4, 0.5) is 0 Å². The Bertz CT molecular complexity index is 225. The van der Waals surface area contributed by atoms with Gasteiger partial charge in [0, 0.05) is 6.42 Å². The van der Waals surface area contributed by atoms with E-state index < -0.39 is 0 Å². The van der Waals surface area contributed by atoms with Crippen LogP contribution in [0.1, 0.15) is 58.3 Å². The molecule has 0 aromatic heterocycles. The second kappa shape index (κ2) is 6.65. The normalized spacial score (nSPS) is 17.2. The van der Waals surface area contributed by atoms with Gasteiger partial charge in [-0.1, -0.05) is 38.0 Å². The molecule has 1 aliphatic carbocycles. The molecule has 78 valence electrons. The standard InChI is InChI=1S/C13H20O/c1-2-3-9-13(14)11-10-12-7-5-4-6-8-12/h12H,4-11H2,1H3. The van der Waals surface area contributed by atoms with Gasteiger partial charge in [0.25, 0.3) is 0 Å². The quantitative estimate of drug-likeness (QED) is 0.624. The van der Waals surface area contributed by atoms with Crippen molar-refractivity contribution in [3.63, 3.8) is 0 Å². The average Bonchev–Trinajstić information content (AvgIpc) is 2.25. The van der Waals surface area contributed by atoms with Crippen molar-refractivity contribution in [1.29, 1.82) is 0 Å². The third kappa shape index (κ3) is 4.46. The fourth-order valence-electron chi connectivity index (χ4n) is 2.12. The first-order chi connectivity index (χ1) is 6.83. The van der Waals surface area contributed by atoms with E-state index in [1.54, 1.807) is 6.92 Å². The zero-order valence-electron chi connectivity index (χ0n) is 9.14. The highest BCUT2D eigenvalue weighted by Crippen LogP contribution is 2.27. The van der Waals surface area contributed by atoms with Crippen LogP contribution in [0, 0.1) is 17.8 Å². The van der Waals surface area contributed by atoms with E-state index in [2.05, 4.69) is 11.8 Å². The van der Waals surface area contributed by atoms with Gasteiger partial charge in [-0.25, -0.2) is 0 Å². The summed E-state index contributed by atoms with van der Waals surface area (Å²) >= 11 is 0. The van der Waals surface area contributed by atoms with Gasteiger partial charge < -0.3 is 0 Å². The van der Waals surface area contributed by atoms with Gasteiger partial charge in [0.05, 0.1) is 6.42 Å². The van der Waals surface area contributed by atoms with Gasteiger partial charge >= 0.3 is 0 Å². The smallest absolute Gasteiger partial charge is 0.144 e. The maximum atomic E-state index is 11.3. The number of hydrogen-bond donors (Lipinski definition) is 0. The minimum absolute atomic E-state index is 0.324. The minimum Gasteiger partial charge on any atom is -0.299 e. The predicted molar refractivity (Wildman–Crippen MR) is 58.9 cm³/mol. The maximum absolute atomic E-state index is 11.3. The van der Waals surface area contributed by atoms with E-state index in [1.807, 2.05) is 0 Å².